The van der Waals surface area contributed by atoms with Crippen LogP contribution in [-0.2, 0) is 32.9 Å². The van der Waals surface area contributed by atoms with Crippen molar-refractivity contribution in [3.05, 3.63) is 277 Å². The number of rotatable bonds is 11. The molecule has 12 aromatic rings. The molecule has 0 aliphatic carbocycles. The standard InChI is InChI=1S/C13H17N3O2.C13H16N2O2.C12H13N3O4.C12H12NO2P.C10H18O5.C8H9N3.C8H8N2.C7H6N2O4.C4H9N.CH4.ClH.H2/c1-13(2,3)18-12(17)15-10-5-4-6-11-9(10)7-8-16(11)14;1-13(2,3)17-12(16)15-11-6-4-5-10-9(11)7-8-14-10;16-14(17)11-4-3-5-12(15(18)19)10(11)6-9-13-7-1-2-8-13;13-15-16(14,11-7-3-1-4-8-11)12-9-5-2-6-10-12;1-9(2,3)14-7(11)13-8(12)15-10(4,5)6;9-7-2-1-3-8-6(7)4-5-11(8)10;9-7-2-1-3-8-6(7)4-5-10-8;1-5-6(8(10)11)3-2-4-7(5)9(12)13;1-2-4-5-3-1;;;/h4-8H,14H2,1-3H3,(H,15,17);4-8,14H,1-3H3,(H,15,16);3-6,9H,1-2,7-8H2;1-10H,13H2;1-6H3;1-5H,9-10H2;1-5,10H,9H2;2-4H,1H3;5H,1-4H2;1H4;2*1H/b;;9-6+;;;;;;;;;. The van der Waals surface area contributed by atoms with Crippen molar-refractivity contribution >= 4 is 150 Å². The molecule has 2 aliphatic rings. The zero-order valence-corrected chi connectivity index (χ0v) is 73.4. The highest BCUT2D eigenvalue weighted by Gasteiger charge is 2.29. The highest BCUT2D eigenvalue weighted by molar-refractivity contribution is 7.74. The van der Waals surface area contributed by atoms with Gasteiger partial charge in [-0.15, -0.1) is 12.4 Å². The molecule has 6 heterocycles. The fourth-order valence-electron chi connectivity index (χ4n) is 11.5. The van der Waals surface area contributed by atoms with Gasteiger partial charge < -0.3 is 67.0 Å². The second kappa shape index (κ2) is 48.7. The first-order valence-electron chi connectivity index (χ1n) is 38.9. The van der Waals surface area contributed by atoms with E-state index in [0.29, 0.717) is 16.3 Å². The number of hydrogen-bond acceptors (Lipinski definition) is 26. The number of H-pyrrole nitrogens is 2. The lowest BCUT2D eigenvalue weighted by molar-refractivity contribution is -0.395. The predicted octanol–water partition coefficient (Wildman–Crippen LogP) is 19.6. The molecule has 8 aromatic carbocycles. The number of nitrogen functional groups attached to an aromatic ring is 4. The van der Waals surface area contributed by atoms with Crippen molar-refractivity contribution in [2.45, 2.75) is 146 Å². The van der Waals surface area contributed by atoms with Crippen LogP contribution in [0, 0.1) is 47.4 Å². The minimum Gasteiger partial charge on any atom is -0.444 e. The van der Waals surface area contributed by atoms with Crippen molar-refractivity contribution in [3.8, 4) is 0 Å². The second-order valence-electron chi connectivity index (χ2n) is 31.3. The van der Waals surface area contributed by atoms with Crippen LogP contribution in [0.15, 0.2) is 225 Å². The zero-order chi connectivity index (χ0) is 91.7. The largest absolute Gasteiger partial charge is 0.519 e. The summed E-state index contributed by atoms with van der Waals surface area (Å²) in [6, 6.07) is 56.0. The Balaban J connectivity index is 0.000000372. The molecule has 36 nitrogen and oxygen atoms in total. The van der Waals surface area contributed by atoms with Crippen LogP contribution in [0.5, 0.6) is 0 Å². The van der Waals surface area contributed by atoms with Crippen molar-refractivity contribution in [1.29, 1.82) is 0 Å². The van der Waals surface area contributed by atoms with Gasteiger partial charge in [-0.05, 0) is 244 Å². The third-order valence-corrected chi connectivity index (χ3v) is 19.3. The number of nitrogens with zero attached hydrogens (tertiary/aromatic N) is 7. The van der Waals surface area contributed by atoms with Crippen LogP contribution in [0.1, 0.15) is 129 Å². The number of nitrogens with one attached hydrogen (secondary N) is 5. The fraction of sp³-hybridized carbons (Fsp3) is 0.295. The van der Waals surface area contributed by atoms with Gasteiger partial charge in [-0.3, -0.25) is 65.0 Å². The average molecular weight is 1780 g/mol. The zero-order valence-electron chi connectivity index (χ0n) is 71.7. The van der Waals surface area contributed by atoms with Gasteiger partial charge in [0.1, 0.15) is 33.5 Å². The van der Waals surface area contributed by atoms with E-state index in [9.17, 15) is 64.2 Å². The lowest BCUT2D eigenvalue weighted by atomic mass is 10.1. The summed E-state index contributed by atoms with van der Waals surface area (Å²) in [6.07, 6.45) is 12.3. The maximum absolute atomic E-state index is 12.6. The molecule has 678 valence electrons. The summed E-state index contributed by atoms with van der Waals surface area (Å²) in [4.78, 5) is 93.7. The molecule has 2 amide bonds. The third kappa shape index (κ3) is 34.0. The summed E-state index contributed by atoms with van der Waals surface area (Å²) in [6.45, 7) is 26.6. The number of carbonyl (C=O) groups excluding carboxylic acids is 4. The summed E-state index contributed by atoms with van der Waals surface area (Å²) in [5.41, 5.74) is 15.1. The van der Waals surface area contributed by atoms with Gasteiger partial charge in [0.2, 0.25) is 0 Å². The molecule has 0 unspecified atom stereocenters. The highest BCUT2D eigenvalue weighted by atomic mass is 35.5. The van der Waals surface area contributed by atoms with Gasteiger partial charge in [-0.2, -0.15) is 0 Å². The molecule has 15 N–H and O–H groups in total. The maximum atomic E-state index is 12.6. The molecular formula is C88H115ClN17O19P. The number of carbonyl (C=O) groups is 4. The highest BCUT2D eigenvalue weighted by Crippen LogP contribution is 2.42. The monoisotopic (exact) mass is 1780 g/mol. The molecule has 2 fully saturated rings. The van der Waals surface area contributed by atoms with Crippen LogP contribution >= 0.6 is 19.8 Å². The van der Waals surface area contributed by atoms with Gasteiger partial charge >= 0.3 is 24.5 Å². The number of halogens is 1. The van der Waals surface area contributed by atoms with Gasteiger partial charge in [0.25, 0.3) is 30.1 Å². The summed E-state index contributed by atoms with van der Waals surface area (Å²) in [5.74, 6) is 16.6. The normalized spacial score (nSPS) is 12.0. The van der Waals surface area contributed by atoms with E-state index < -0.39 is 74.0 Å². The minimum absolute atomic E-state index is 0. The number of anilines is 4. The van der Waals surface area contributed by atoms with Crippen LogP contribution in [-0.4, -0.2) is 117 Å². The Morgan fingerprint density at radius 1 is 0.468 bits per heavy atom. The second-order valence-corrected chi connectivity index (χ2v) is 33.6. The number of aromatic nitrogens is 4. The molecule has 2 saturated heterocycles. The number of fused-ring (bicyclic) bond motifs is 4. The number of aromatic amines is 2. The first-order chi connectivity index (χ1) is 58.4. The van der Waals surface area contributed by atoms with Gasteiger partial charge in [0.15, 0.2) is 0 Å². The van der Waals surface area contributed by atoms with Crippen LogP contribution in [0.4, 0.5) is 64.7 Å². The van der Waals surface area contributed by atoms with Crippen molar-refractivity contribution < 1.29 is 73.2 Å². The smallest absolute Gasteiger partial charge is 0.444 e. The van der Waals surface area contributed by atoms with E-state index >= 15 is 0 Å². The van der Waals surface area contributed by atoms with Crippen molar-refractivity contribution in [3.63, 3.8) is 0 Å². The fourth-order valence-corrected chi connectivity index (χ4v) is 13.2. The topological polar surface area (TPSA) is 524 Å². The Kier molecular flexibility index (Phi) is 40.3. The van der Waals surface area contributed by atoms with E-state index in [4.69, 9.17) is 52.6 Å². The Morgan fingerprint density at radius 2 is 0.833 bits per heavy atom. The summed E-state index contributed by atoms with van der Waals surface area (Å²) < 4.78 is 44.7. The van der Waals surface area contributed by atoms with Gasteiger partial charge in [0, 0.05) is 124 Å². The van der Waals surface area contributed by atoms with E-state index in [0.717, 1.165) is 86.6 Å². The average Bonchev–Trinajstić information content (AvgIpc) is 1.79. The molecule has 0 radical (unpaired) electrons. The number of benzene rings is 8. The van der Waals surface area contributed by atoms with Crippen LogP contribution < -0.4 is 55.6 Å². The van der Waals surface area contributed by atoms with Crippen LogP contribution in [0.2, 0.25) is 0 Å². The number of nitro groups is 4. The third-order valence-electron chi connectivity index (χ3n) is 17.0. The summed E-state index contributed by atoms with van der Waals surface area (Å²) >= 11 is 0. The number of nitrogens with two attached hydrogens (primary N) is 5. The number of hydrogen-bond donors (Lipinski definition) is 10. The Bertz CT molecular complexity index is 5520. The van der Waals surface area contributed by atoms with Crippen molar-refractivity contribution in [1.82, 2.24) is 29.5 Å². The molecule has 0 spiro atoms. The molecule has 0 bridgehead atoms. The van der Waals surface area contributed by atoms with Crippen molar-refractivity contribution in [2.75, 3.05) is 60.0 Å². The molecular weight excluding hydrogens is 1670 g/mol. The number of nitro benzene ring substituents is 4. The quantitative estimate of drug-likeness (QED) is 0.00840. The van der Waals surface area contributed by atoms with E-state index in [1.807, 2.05) is 192 Å². The first-order valence-corrected chi connectivity index (χ1v) is 40.5. The first kappa shape index (κ1) is 104. The lowest BCUT2D eigenvalue weighted by Crippen LogP contribution is -2.29. The van der Waals surface area contributed by atoms with Gasteiger partial charge in [-0.25, -0.2) is 29.7 Å². The van der Waals surface area contributed by atoms with Gasteiger partial charge in [-0.1, -0.05) is 68.1 Å². The minimum atomic E-state index is -3.13. The number of likely N-dealkylation sites (tertiary alicyclic amines) is 1. The SMILES string of the molecule is C.C1CCNC1.CC(C)(C)OC(=O)Nc1cccc2[nH]ccc12.CC(C)(C)OC(=O)Nc1cccc2c1ccn2N.CC(C)(C)OC(=O)OC(=O)OC(C)(C)C.Cc1c([N+](=O)[O-])cccc1[N+](=O)[O-].Cl.NOP(=O)(c1ccccc1)c1ccccc1.Nc1cccc2[nH]ccc12.Nc1cccc2c1ccn2N.O=[N+]([O-])c1cccc([N+](=O)[O-])c1/C=C/N1CCCC1.[HH]. The Morgan fingerprint density at radius 3 is 1.23 bits per heavy atom. The van der Waals surface area contributed by atoms with E-state index in [1.54, 1.807) is 89.1 Å². The van der Waals surface area contributed by atoms with E-state index in [2.05, 4.69) is 30.7 Å². The predicted molar refractivity (Wildman–Crippen MR) is 500 cm³/mol. The summed E-state index contributed by atoms with van der Waals surface area (Å²) in [7, 11) is -3.13. The van der Waals surface area contributed by atoms with E-state index in [1.165, 1.54) is 80.0 Å². The molecule has 38 heteroatoms. The summed E-state index contributed by atoms with van der Waals surface area (Å²) in [5, 5.41) is 56.5. The number of amides is 2. The molecule has 126 heavy (non-hydrogen) atoms. The number of ether oxygens (including phenoxy) is 5. The molecule has 0 atom stereocenters. The van der Waals surface area contributed by atoms with E-state index in [-0.39, 0.29) is 55.1 Å². The molecule has 4 aromatic heterocycles. The maximum Gasteiger partial charge on any atom is 0.519 e. The molecule has 0 saturated carbocycles. The molecule has 14 rings (SSSR count). The lowest BCUT2D eigenvalue weighted by Gasteiger charge is -2.20. The van der Waals surface area contributed by atoms with Crippen LogP contribution in [0.25, 0.3) is 49.7 Å². The van der Waals surface area contributed by atoms with Gasteiger partial charge in [0.05, 0.1) is 42.1 Å². The van der Waals surface area contributed by atoms with Crippen LogP contribution in [0.3, 0.4) is 0 Å². The molecule has 2 aliphatic heterocycles. The van der Waals surface area contributed by atoms with Crippen molar-refractivity contribution in [2.24, 2.45) is 5.90 Å². The Hall–Kier alpha value is -14.1. The Labute approximate surface area is 737 Å².